The highest BCUT2D eigenvalue weighted by Crippen LogP contribution is 2.32. The third-order valence-electron chi connectivity index (χ3n) is 2.80. The van der Waals surface area contributed by atoms with Gasteiger partial charge in [-0.2, -0.15) is 0 Å². The van der Waals surface area contributed by atoms with Gasteiger partial charge < -0.3 is 0 Å². The van der Waals surface area contributed by atoms with Gasteiger partial charge in [-0.15, -0.1) is 0 Å². The fourth-order valence-electron chi connectivity index (χ4n) is 1.61. The summed E-state index contributed by atoms with van der Waals surface area (Å²) in [5.74, 6) is 0. The van der Waals surface area contributed by atoms with Gasteiger partial charge >= 0.3 is 0 Å². The quantitative estimate of drug-likeness (QED) is 0.754. The molecule has 0 amide bonds. The largest absolute Gasteiger partial charge is 0.231 e. The van der Waals surface area contributed by atoms with Gasteiger partial charge in [0.15, 0.2) is 5.16 Å². The second-order valence-corrected chi connectivity index (χ2v) is 6.37. The van der Waals surface area contributed by atoms with Gasteiger partial charge in [0.25, 0.3) is 0 Å². The van der Waals surface area contributed by atoms with Crippen LogP contribution < -0.4 is 0 Å². The van der Waals surface area contributed by atoms with E-state index in [0.717, 1.165) is 5.16 Å². The second-order valence-electron chi connectivity index (χ2n) is 5.36. The van der Waals surface area contributed by atoms with Crippen LogP contribution in [-0.4, -0.2) is 9.97 Å². The summed E-state index contributed by atoms with van der Waals surface area (Å²) in [5.41, 5.74) is 2.77. The molecule has 0 bridgehead atoms. The summed E-state index contributed by atoms with van der Waals surface area (Å²) in [6, 6.07) is 8.45. The number of hydrogen-bond donors (Lipinski definition) is 0. The Balaban J connectivity index is 2.33. The van der Waals surface area contributed by atoms with Gasteiger partial charge in [-0.3, -0.25) is 0 Å². The molecule has 1 heterocycles. The Morgan fingerprint density at radius 2 is 1.72 bits per heavy atom. The Bertz CT molecular complexity index is 530. The summed E-state index contributed by atoms with van der Waals surface area (Å²) >= 11 is 1.62. The van der Waals surface area contributed by atoms with Gasteiger partial charge in [0.1, 0.15) is 0 Å². The fourth-order valence-corrected chi connectivity index (χ4v) is 2.45. The van der Waals surface area contributed by atoms with Crippen LogP contribution in [0.25, 0.3) is 0 Å². The van der Waals surface area contributed by atoms with Gasteiger partial charge in [0.2, 0.25) is 0 Å². The van der Waals surface area contributed by atoms with E-state index in [9.17, 15) is 0 Å². The number of aromatic nitrogens is 2. The lowest BCUT2D eigenvalue weighted by Crippen LogP contribution is -2.11. The summed E-state index contributed by atoms with van der Waals surface area (Å²) < 4.78 is 0. The molecule has 2 rings (SSSR count). The topological polar surface area (TPSA) is 25.8 Å². The Morgan fingerprint density at radius 1 is 1.06 bits per heavy atom. The lowest BCUT2D eigenvalue weighted by atomic mass is 9.87. The molecule has 0 saturated heterocycles. The average Bonchev–Trinajstić information content (AvgIpc) is 2.32. The normalized spacial score (nSPS) is 11.6. The Morgan fingerprint density at radius 3 is 2.33 bits per heavy atom. The van der Waals surface area contributed by atoms with Crippen molar-refractivity contribution in [2.75, 3.05) is 0 Å². The monoisotopic (exact) mass is 258 g/mol. The lowest BCUT2D eigenvalue weighted by molar-refractivity contribution is 0.588. The van der Waals surface area contributed by atoms with E-state index < -0.39 is 0 Å². The van der Waals surface area contributed by atoms with E-state index in [-0.39, 0.29) is 5.41 Å². The molecule has 1 aromatic heterocycles. The molecule has 0 unspecified atom stereocenters. The van der Waals surface area contributed by atoms with Crippen LogP contribution in [0.5, 0.6) is 0 Å². The molecule has 94 valence electrons. The number of benzene rings is 1. The SMILES string of the molecule is Cc1ccc(C(C)(C)C)cc1Sc1ncccn1. The molecule has 1 aromatic carbocycles. The summed E-state index contributed by atoms with van der Waals surface area (Å²) in [4.78, 5) is 9.75. The first-order valence-corrected chi connectivity index (χ1v) is 6.84. The van der Waals surface area contributed by atoms with Crippen molar-refractivity contribution in [3.63, 3.8) is 0 Å². The fraction of sp³-hybridized carbons (Fsp3) is 0.333. The van der Waals surface area contributed by atoms with Crippen LogP contribution in [-0.2, 0) is 5.41 Å². The van der Waals surface area contributed by atoms with Gasteiger partial charge in [0.05, 0.1) is 0 Å². The maximum Gasteiger partial charge on any atom is 0.192 e. The summed E-state index contributed by atoms with van der Waals surface area (Å²) in [6.45, 7) is 8.80. The smallest absolute Gasteiger partial charge is 0.192 e. The summed E-state index contributed by atoms with van der Waals surface area (Å²) in [6.07, 6.45) is 3.55. The van der Waals surface area contributed by atoms with Crippen LogP contribution in [0.3, 0.4) is 0 Å². The van der Waals surface area contributed by atoms with E-state index in [2.05, 4.69) is 55.9 Å². The van der Waals surface area contributed by atoms with E-state index in [1.807, 2.05) is 6.07 Å². The molecule has 0 radical (unpaired) electrons. The van der Waals surface area contributed by atoms with E-state index in [1.165, 1.54) is 16.0 Å². The molecule has 0 saturated carbocycles. The van der Waals surface area contributed by atoms with E-state index in [1.54, 1.807) is 24.2 Å². The second kappa shape index (κ2) is 5.11. The van der Waals surface area contributed by atoms with Crippen LogP contribution in [0.4, 0.5) is 0 Å². The Hall–Kier alpha value is -1.35. The maximum atomic E-state index is 4.26. The zero-order chi connectivity index (χ0) is 13.2. The number of nitrogens with zero attached hydrogens (tertiary/aromatic N) is 2. The van der Waals surface area contributed by atoms with Gasteiger partial charge in [-0.1, -0.05) is 32.9 Å². The summed E-state index contributed by atoms with van der Waals surface area (Å²) in [7, 11) is 0. The lowest BCUT2D eigenvalue weighted by Gasteiger charge is -2.20. The molecule has 0 aliphatic carbocycles. The molecule has 2 nitrogen and oxygen atoms in total. The molecule has 18 heavy (non-hydrogen) atoms. The number of hydrogen-bond acceptors (Lipinski definition) is 3. The first kappa shape index (κ1) is 13.1. The van der Waals surface area contributed by atoms with Gasteiger partial charge in [-0.25, -0.2) is 9.97 Å². The molecular weight excluding hydrogens is 240 g/mol. The minimum Gasteiger partial charge on any atom is -0.231 e. The van der Waals surface area contributed by atoms with Crippen molar-refractivity contribution in [1.29, 1.82) is 0 Å². The van der Waals surface area contributed by atoms with Crippen molar-refractivity contribution in [2.45, 2.75) is 43.2 Å². The van der Waals surface area contributed by atoms with E-state index in [4.69, 9.17) is 0 Å². The van der Waals surface area contributed by atoms with Gasteiger partial charge in [0, 0.05) is 17.3 Å². The minimum atomic E-state index is 0.167. The number of rotatable bonds is 2. The Labute approximate surface area is 113 Å². The third kappa shape index (κ3) is 3.10. The molecule has 3 heteroatoms. The first-order valence-electron chi connectivity index (χ1n) is 6.03. The highest BCUT2D eigenvalue weighted by Gasteiger charge is 2.15. The van der Waals surface area contributed by atoms with Crippen molar-refractivity contribution in [1.82, 2.24) is 9.97 Å². The van der Waals surface area contributed by atoms with Crippen LogP contribution >= 0.6 is 11.8 Å². The van der Waals surface area contributed by atoms with Crippen LogP contribution in [0.1, 0.15) is 31.9 Å². The molecule has 0 N–H and O–H groups in total. The zero-order valence-electron chi connectivity index (χ0n) is 11.3. The van der Waals surface area contributed by atoms with Crippen LogP contribution in [0, 0.1) is 6.92 Å². The minimum absolute atomic E-state index is 0.167. The molecule has 0 spiro atoms. The van der Waals surface area contributed by atoms with Crippen molar-refractivity contribution in [3.05, 3.63) is 47.8 Å². The van der Waals surface area contributed by atoms with Crippen LogP contribution in [0.15, 0.2) is 46.7 Å². The molecule has 0 fully saturated rings. The highest BCUT2D eigenvalue weighted by atomic mass is 32.2. The first-order chi connectivity index (χ1) is 8.47. The van der Waals surface area contributed by atoms with Gasteiger partial charge in [-0.05, 0) is 47.4 Å². The zero-order valence-corrected chi connectivity index (χ0v) is 12.1. The van der Waals surface area contributed by atoms with Crippen molar-refractivity contribution < 1.29 is 0 Å². The van der Waals surface area contributed by atoms with E-state index >= 15 is 0 Å². The summed E-state index contributed by atoms with van der Waals surface area (Å²) in [5, 5.41) is 0.798. The third-order valence-corrected chi connectivity index (χ3v) is 3.85. The molecule has 0 aliphatic heterocycles. The predicted molar refractivity (Wildman–Crippen MR) is 76.0 cm³/mol. The average molecular weight is 258 g/mol. The standard InChI is InChI=1S/C15H18N2S/c1-11-6-7-12(15(2,3)4)10-13(11)18-14-16-8-5-9-17-14/h5-10H,1-4H3. The van der Waals surface area contributed by atoms with Crippen molar-refractivity contribution >= 4 is 11.8 Å². The van der Waals surface area contributed by atoms with E-state index in [0.29, 0.717) is 0 Å². The number of aryl methyl sites for hydroxylation is 1. The van der Waals surface area contributed by atoms with Crippen molar-refractivity contribution in [3.8, 4) is 0 Å². The molecule has 2 aromatic rings. The predicted octanol–water partition coefficient (Wildman–Crippen LogP) is 4.23. The Kier molecular flexibility index (Phi) is 3.71. The molecular formula is C15H18N2S. The maximum absolute atomic E-state index is 4.26. The molecule has 0 atom stereocenters. The van der Waals surface area contributed by atoms with Crippen LogP contribution in [0.2, 0.25) is 0 Å². The van der Waals surface area contributed by atoms with Crippen molar-refractivity contribution in [2.24, 2.45) is 0 Å². The molecule has 0 aliphatic rings. The highest BCUT2D eigenvalue weighted by molar-refractivity contribution is 7.99.